The summed E-state index contributed by atoms with van der Waals surface area (Å²) in [6.07, 6.45) is 0. The molecule has 0 unspecified atom stereocenters. The molecule has 2 rings (SSSR count). The molecule has 1 aromatic carbocycles. The van der Waals surface area contributed by atoms with Crippen molar-refractivity contribution in [1.29, 1.82) is 0 Å². The van der Waals surface area contributed by atoms with Crippen molar-refractivity contribution < 1.29 is 27.5 Å². The van der Waals surface area contributed by atoms with Crippen molar-refractivity contribution in [2.75, 3.05) is 38.0 Å². The molecule has 2 amide bonds. The molecule has 1 saturated heterocycles. The minimum Gasteiger partial charge on any atom is -0.506 e. The van der Waals surface area contributed by atoms with Crippen molar-refractivity contribution in [2.24, 2.45) is 0 Å². The molecule has 0 bridgehead atoms. The van der Waals surface area contributed by atoms with Crippen LogP contribution in [0.25, 0.3) is 0 Å². The van der Waals surface area contributed by atoms with Gasteiger partial charge in [0, 0.05) is 18.7 Å². The monoisotopic (exact) mass is 360 g/mol. The average Bonchev–Trinajstić information content (AvgIpc) is 2.70. The van der Waals surface area contributed by atoms with Crippen LogP contribution in [-0.2, 0) is 15.0 Å². The Morgan fingerprint density at radius 2 is 2.12 bits per heavy atom. The molecule has 1 aromatic rings. The third kappa shape index (κ3) is 3.74. The standard InChI is InChI=1S/C13H17FN4O5S/c1-17(2)4-3-15-13(21)8-5-9(14)12(10(19)6-8)18-7-11(20)16-24(18,22)23/h5-6,19H,3-4,7H2,1-2H3,(H,15,21)(H,16,20). The Balaban J connectivity index is 2.26. The summed E-state index contributed by atoms with van der Waals surface area (Å²) in [7, 11) is -0.628. The van der Waals surface area contributed by atoms with E-state index in [9.17, 15) is 27.5 Å². The number of halogens is 1. The quantitative estimate of drug-likeness (QED) is 0.620. The van der Waals surface area contributed by atoms with Crippen LogP contribution in [0.15, 0.2) is 12.1 Å². The predicted octanol–water partition coefficient (Wildman–Crippen LogP) is -0.996. The molecule has 0 saturated carbocycles. The third-order valence-corrected chi connectivity index (χ3v) is 4.60. The fourth-order valence-electron chi connectivity index (χ4n) is 2.10. The summed E-state index contributed by atoms with van der Waals surface area (Å²) in [6.45, 7) is 0.230. The van der Waals surface area contributed by atoms with Gasteiger partial charge in [-0.1, -0.05) is 0 Å². The number of carbonyl (C=O) groups is 2. The fraction of sp³-hybridized carbons (Fsp3) is 0.385. The number of hydrogen-bond donors (Lipinski definition) is 3. The van der Waals surface area contributed by atoms with E-state index in [2.05, 4.69) is 5.32 Å². The zero-order chi connectivity index (χ0) is 18.1. The SMILES string of the molecule is CN(C)CCNC(=O)c1cc(O)c(N2CC(=O)NS2(=O)=O)c(F)c1. The van der Waals surface area contributed by atoms with Crippen molar-refractivity contribution in [1.82, 2.24) is 14.9 Å². The highest BCUT2D eigenvalue weighted by atomic mass is 32.2. The smallest absolute Gasteiger partial charge is 0.326 e. The Kier molecular flexibility index (Phi) is 4.94. The van der Waals surface area contributed by atoms with Crippen molar-refractivity contribution >= 4 is 27.7 Å². The lowest BCUT2D eigenvalue weighted by Gasteiger charge is -2.17. The molecule has 1 fully saturated rings. The highest BCUT2D eigenvalue weighted by molar-refractivity contribution is 7.92. The van der Waals surface area contributed by atoms with Crippen LogP contribution in [-0.4, -0.2) is 64.0 Å². The molecule has 0 atom stereocenters. The zero-order valence-corrected chi connectivity index (χ0v) is 13.9. The minimum atomic E-state index is -4.26. The number of rotatable bonds is 5. The molecule has 1 heterocycles. The van der Waals surface area contributed by atoms with Gasteiger partial charge in [0.1, 0.15) is 18.0 Å². The van der Waals surface area contributed by atoms with E-state index in [0.29, 0.717) is 17.4 Å². The number of phenols is 1. The first-order chi connectivity index (χ1) is 11.1. The topological polar surface area (TPSA) is 119 Å². The zero-order valence-electron chi connectivity index (χ0n) is 13.0. The van der Waals surface area contributed by atoms with Crippen LogP contribution >= 0.6 is 0 Å². The summed E-state index contributed by atoms with van der Waals surface area (Å²) in [5.74, 6) is -3.35. The van der Waals surface area contributed by atoms with Gasteiger partial charge in [0.15, 0.2) is 5.82 Å². The van der Waals surface area contributed by atoms with Gasteiger partial charge >= 0.3 is 10.2 Å². The van der Waals surface area contributed by atoms with E-state index >= 15 is 0 Å². The first-order valence-corrected chi connectivity index (χ1v) is 8.34. The van der Waals surface area contributed by atoms with Gasteiger partial charge in [-0.25, -0.2) is 13.4 Å². The number of carbonyl (C=O) groups excluding carboxylic acids is 2. The number of nitrogens with one attached hydrogen (secondary N) is 2. The number of aromatic hydroxyl groups is 1. The first kappa shape index (κ1) is 17.9. The van der Waals surface area contributed by atoms with Crippen LogP contribution in [0.1, 0.15) is 10.4 Å². The Labute approximate surface area is 138 Å². The van der Waals surface area contributed by atoms with Gasteiger partial charge in [-0.15, -0.1) is 0 Å². The van der Waals surface area contributed by atoms with E-state index in [1.807, 2.05) is 19.0 Å². The van der Waals surface area contributed by atoms with Crippen molar-refractivity contribution in [2.45, 2.75) is 0 Å². The fourth-order valence-corrected chi connectivity index (χ4v) is 3.27. The van der Waals surface area contributed by atoms with Crippen LogP contribution in [0.3, 0.4) is 0 Å². The predicted molar refractivity (Wildman–Crippen MR) is 83.4 cm³/mol. The number of anilines is 1. The van der Waals surface area contributed by atoms with Crippen LogP contribution in [0, 0.1) is 5.82 Å². The summed E-state index contributed by atoms with van der Waals surface area (Å²) in [6, 6.07) is 1.75. The normalized spacial score (nSPS) is 16.3. The van der Waals surface area contributed by atoms with Crippen LogP contribution in [0.2, 0.25) is 0 Å². The average molecular weight is 360 g/mol. The number of hydrogen-bond acceptors (Lipinski definition) is 6. The number of benzene rings is 1. The Morgan fingerprint density at radius 3 is 2.62 bits per heavy atom. The van der Waals surface area contributed by atoms with Gasteiger partial charge in [-0.05, 0) is 26.2 Å². The molecule has 0 aliphatic carbocycles. The number of phenolic OH excluding ortho intramolecular Hbond substituents is 1. The van der Waals surface area contributed by atoms with Crippen molar-refractivity contribution in [3.05, 3.63) is 23.5 Å². The van der Waals surface area contributed by atoms with Crippen LogP contribution in [0.4, 0.5) is 10.1 Å². The highest BCUT2D eigenvalue weighted by Crippen LogP contribution is 2.34. The van der Waals surface area contributed by atoms with Gasteiger partial charge < -0.3 is 15.3 Å². The van der Waals surface area contributed by atoms with E-state index in [4.69, 9.17) is 0 Å². The van der Waals surface area contributed by atoms with E-state index in [1.165, 1.54) is 0 Å². The molecule has 132 valence electrons. The molecule has 0 radical (unpaired) electrons. The summed E-state index contributed by atoms with van der Waals surface area (Å²) >= 11 is 0. The maximum absolute atomic E-state index is 14.3. The van der Waals surface area contributed by atoms with Gasteiger partial charge in [0.2, 0.25) is 0 Å². The lowest BCUT2D eigenvalue weighted by Crippen LogP contribution is -2.32. The van der Waals surface area contributed by atoms with E-state index in [-0.39, 0.29) is 5.56 Å². The number of nitrogens with zero attached hydrogens (tertiary/aromatic N) is 2. The largest absolute Gasteiger partial charge is 0.506 e. The molecular weight excluding hydrogens is 343 g/mol. The van der Waals surface area contributed by atoms with Crippen LogP contribution in [0.5, 0.6) is 5.75 Å². The lowest BCUT2D eigenvalue weighted by molar-refractivity contribution is -0.117. The molecule has 0 aromatic heterocycles. The van der Waals surface area contributed by atoms with Gasteiger partial charge in [0.05, 0.1) is 0 Å². The Bertz CT molecular complexity index is 758. The molecule has 24 heavy (non-hydrogen) atoms. The minimum absolute atomic E-state index is 0.164. The van der Waals surface area contributed by atoms with Crippen molar-refractivity contribution in [3.63, 3.8) is 0 Å². The van der Waals surface area contributed by atoms with E-state index in [1.54, 1.807) is 4.72 Å². The summed E-state index contributed by atoms with van der Waals surface area (Å²) in [5.41, 5.74) is -0.846. The molecule has 0 spiro atoms. The number of amides is 2. The van der Waals surface area contributed by atoms with Crippen molar-refractivity contribution in [3.8, 4) is 5.75 Å². The van der Waals surface area contributed by atoms with Gasteiger partial charge in [0.25, 0.3) is 11.8 Å². The van der Waals surface area contributed by atoms with E-state index < -0.39 is 45.8 Å². The second-order valence-electron chi connectivity index (χ2n) is 5.42. The summed E-state index contributed by atoms with van der Waals surface area (Å²) in [5, 5.41) is 12.5. The lowest BCUT2D eigenvalue weighted by atomic mass is 10.1. The van der Waals surface area contributed by atoms with Gasteiger partial charge in [-0.3, -0.25) is 9.59 Å². The maximum Gasteiger partial charge on any atom is 0.326 e. The summed E-state index contributed by atoms with van der Waals surface area (Å²) < 4.78 is 39.8. The Hall–Kier alpha value is -2.40. The van der Waals surface area contributed by atoms with Gasteiger partial charge in [-0.2, -0.15) is 8.42 Å². The first-order valence-electron chi connectivity index (χ1n) is 6.90. The molecular formula is C13H17FN4O5S. The maximum atomic E-state index is 14.3. The highest BCUT2D eigenvalue weighted by Gasteiger charge is 2.37. The molecule has 3 N–H and O–H groups in total. The second-order valence-corrected chi connectivity index (χ2v) is 7.02. The molecule has 1 aliphatic rings. The number of likely N-dealkylation sites (N-methyl/N-ethyl adjacent to an activating group) is 1. The molecule has 9 nitrogen and oxygen atoms in total. The Morgan fingerprint density at radius 1 is 1.46 bits per heavy atom. The third-order valence-electron chi connectivity index (χ3n) is 3.22. The second kappa shape index (κ2) is 6.61. The van der Waals surface area contributed by atoms with Crippen LogP contribution < -0.4 is 14.3 Å². The molecule has 11 heteroatoms. The van der Waals surface area contributed by atoms with E-state index in [0.717, 1.165) is 12.1 Å². The summed E-state index contributed by atoms with van der Waals surface area (Å²) in [4.78, 5) is 25.0. The molecule has 1 aliphatic heterocycles.